The van der Waals surface area contributed by atoms with E-state index in [1.165, 1.54) is 16.7 Å². The summed E-state index contributed by atoms with van der Waals surface area (Å²) in [4.78, 5) is 18.5. The molecule has 3 aromatic rings. The lowest BCUT2D eigenvalue weighted by Crippen LogP contribution is -2.18. The number of carbonyl (C=O) groups is 1. The highest BCUT2D eigenvalue weighted by Crippen LogP contribution is 2.39. The molecule has 1 aliphatic heterocycles. The Labute approximate surface area is 206 Å². The molecular weight excluding hydrogens is 434 g/mol. The largest absolute Gasteiger partial charge is 0.508 e. The molecule has 0 spiro atoms. The highest BCUT2D eigenvalue weighted by molar-refractivity contribution is 5.97. The molecule has 2 heterocycles. The lowest BCUT2D eigenvalue weighted by molar-refractivity contribution is 0.0812. The molecule has 2 aliphatic rings. The van der Waals surface area contributed by atoms with Gasteiger partial charge in [-0.3, -0.25) is 9.78 Å². The normalized spacial score (nSPS) is 15.4. The number of allylic oxidation sites excluding steroid dienone is 3. The van der Waals surface area contributed by atoms with E-state index in [2.05, 4.69) is 61.6 Å². The summed E-state index contributed by atoms with van der Waals surface area (Å²) >= 11 is 0. The summed E-state index contributed by atoms with van der Waals surface area (Å²) < 4.78 is 0. The fraction of sp³-hybridized carbons (Fsp3) is 0.200. The molecule has 0 radical (unpaired) electrons. The van der Waals surface area contributed by atoms with Gasteiger partial charge in [-0.25, -0.2) is 0 Å². The second-order valence-electron chi connectivity index (χ2n) is 9.50. The number of carbonyl (C=O) groups excluding carboxylic acids is 1. The van der Waals surface area contributed by atoms with Crippen molar-refractivity contribution < 1.29 is 9.90 Å². The number of nitrogens with zero attached hydrogens (tertiary/aromatic N) is 2. The molecule has 5 heteroatoms. The molecule has 0 saturated heterocycles. The number of benzene rings is 2. The van der Waals surface area contributed by atoms with Crippen molar-refractivity contribution in [1.82, 2.24) is 9.88 Å². The maximum absolute atomic E-state index is 12.3. The van der Waals surface area contributed by atoms with Gasteiger partial charge in [0, 0.05) is 42.6 Å². The van der Waals surface area contributed by atoms with Crippen molar-refractivity contribution in [1.29, 1.82) is 0 Å². The van der Waals surface area contributed by atoms with Gasteiger partial charge in [-0.15, -0.1) is 0 Å². The first-order chi connectivity index (χ1) is 16.7. The Hall–Kier alpha value is -4.12. The summed E-state index contributed by atoms with van der Waals surface area (Å²) in [5, 5.41) is 13.6. The first kappa shape index (κ1) is 22.7. The van der Waals surface area contributed by atoms with Crippen LogP contribution in [-0.2, 0) is 13.0 Å². The van der Waals surface area contributed by atoms with Crippen LogP contribution in [-0.4, -0.2) is 27.9 Å². The summed E-state index contributed by atoms with van der Waals surface area (Å²) in [5.41, 5.74) is 10.9. The molecule has 35 heavy (non-hydrogen) atoms. The highest BCUT2D eigenvalue weighted by atomic mass is 16.3. The van der Waals surface area contributed by atoms with Crippen molar-refractivity contribution in [3.05, 3.63) is 113 Å². The number of aryl methyl sites for hydroxylation is 1. The van der Waals surface area contributed by atoms with E-state index in [1.54, 1.807) is 18.1 Å². The van der Waals surface area contributed by atoms with Gasteiger partial charge in [-0.1, -0.05) is 49.1 Å². The van der Waals surface area contributed by atoms with Crippen LogP contribution in [0.3, 0.4) is 0 Å². The van der Waals surface area contributed by atoms with Gasteiger partial charge >= 0.3 is 0 Å². The quantitative estimate of drug-likeness (QED) is 0.434. The van der Waals surface area contributed by atoms with E-state index in [4.69, 9.17) is 0 Å². The van der Waals surface area contributed by atoms with Crippen LogP contribution < -0.4 is 5.32 Å². The summed E-state index contributed by atoms with van der Waals surface area (Å²) in [5.74, 6) is 0.0147. The van der Waals surface area contributed by atoms with Crippen molar-refractivity contribution in [2.45, 2.75) is 32.9 Å². The molecule has 5 rings (SSSR count). The Morgan fingerprint density at radius 3 is 2.77 bits per heavy atom. The van der Waals surface area contributed by atoms with E-state index in [9.17, 15) is 9.90 Å². The minimum Gasteiger partial charge on any atom is -0.508 e. The van der Waals surface area contributed by atoms with Gasteiger partial charge in [-0.05, 0) is 71.9 Å². The van der Waals surface area contributed by atoms with Crippen molar-refractivity contribution in [2.24, 2.45) is 0 Å². The molecule has 1 aliphatic carbocycles. The van der Waals surface area contributed by atoms with Crippen LogP contribution in [0.5, 0.6) is 0 Å². The van der Waals surface area contributed by atoms with Gasteiger partial charge in [0.2, 0.25) is 0 Å². The lowest BCUT2D eigenvalue weighted by atomic mass is 9.81. The second-order valence-corrected chi connectivity index (χ2v) is 9.50. The standard InChI is InChI=1S/C30H29N3O2/c1-17-10-25-18(2)12-21(22-13-23-16-33(5)30(35)29(23)31-15-22)14-27(25)26(11-17)19(3)32-28-9-7-6-8-24(28)20(4)34/h6-13,15,19,32,34H,2,4,14,16H2,1,3,5H3. The summed E-state index contributed by atoms with van der Waals surface area (Å²) in [6, 6.07) is 14.1. The molecule has 5 nitrogen and oxygen atoms in total. The summed E-state index contributed by atoms with van der Waals surface area (Å²) in [7, 11) is 1.80. The molecule has 0 fully saturated rings. The molecule has 2 N–H and O–H groups in total. The average molecular weight is 464 g/mol. The zero-order chi connectivity index (χ0) is 24.9. The van der Waals surface area contributed by atoms with Crippen LogP contribution in [0.4, 0.5) is 5.69 Å². The Morgan fingerprint density at radius 2 is 2.00 bits per heavy atom. The number of hydrogen-bond donors (Lipinski definition) is 2. The number of fused-ring (bicyclic) bond motifs is 2. The molecule has 176 valence electrons. The van der Waals surface area contributed by atoms with E-state index >= 15 is 0 Å². The highest BCUT2D eigenvalue weighted by Gasteiger charge is 2.28. The van der Waals surface area contributed by atoms with Gasteiger partial charge in [0.05, 0.1) is 0 Å². The minimum atomic E-state index is -0.0255. The number of rotatable bonds is 5. The van der Waals surface area contributed by atoms with Crippen molar-refractivity contribution in [3.8, 4) is 0 Å². The number of para-hydroxylation sites is 1. The predicted molar refractivity (Wildman–Crippen MR) is 142 cm³/mol. The van der Waals surface area contributed by atoms with Crippen LogP contribution in [0.15, 0.2) is 67.9 Å². The van der Waals surface area contributed by atoms with Gasteiger partial charge in [0.15, 0.2) is 0 Å². The topological polar surface area (TPSA) is 65.5 Å². The summed E-state index contributed by atoms with van der Waals surface area (Å²) in [6.07, 6.45) is 4.69. The maximum atomic E-state index is 12.3. The Kier molecular flexibility index (Phi) is 5.56. The molecule has 1 aromatic heterocycles. The van der Waals surface area contributed by atoms with Crippen molar-refractivity contribution >= 4 is 28.5 Å². The monoisotopic (exact) mass is 463 g/mol. The molecule has 1 unspecified atom stereocenters. The molecule has 1 amide bonds. The van der Waals surface area contributed by atoms with E-state index in [-0.39, 0.29) is 17.7 Å². The van der Waals surface area contributed by atoms with E-state index < -0.39 is 0 Å². The zero-order valence-corrected chi connectivity index (χ0v) is 20.4. The maximum Gasteiger partial charge on any atom is 0.272 e. The smallest absolute Gasteiger partial charge is 0.272 e. The number of anilines is 1. The predicted octanol–water partition coefficient (Wildman–Crippen LogP) is 6.33. The van der Waals surface area contributed by atoms with Gasteiger partial charge in [0.1, 0.15) is 11.5 Å². The minimum absolute atomic E-state index is 0.0132. The second kappa shape index (κ2) is 8.58. The first-order valence-electron chi connectivity index (χ1n) is 11.7. The third-order valence-corrected chi connectivity index (χ3v) is 6.86. The van der Waals surface area contributed by atoms with Crippen LogP contribution in [0, 0.1) is 6.92 Å². The average Bonchev–Trinajstić information content (AvgIpc) is 3.11. The molecule has 0 bridgehead atoms. The third-order valence-electron chi connectivity index (χ3n) is 6.86. The summed E-state index contributed by atoms with van der Waals surface area (Å²) in [6.45, 7) is 12.9. The van der Waals surface area contributed by atoms with Crippen LogP contribution in [0.1, 0.15) is 62.4 Å². The number of hydrogen-bond acceptors (Lipinski definition) is 4. The molecule has 0 saturated carbocycles. The first-order valence-corrected chi connectivity index (χ1v) is 11.7. The third kappa shape index (κ3) is 4.03. The Bertz CT molecular complexity index is 1430. The number of pyridine rings is 1. The number of aromatic nitrogens is 1. The molecular formula is C30H29N3O2. The number of amides is 1. The zero-order valence-electron chi connectivity index (χ0n) is 20.4. The van der Waals surface area contributed by atoms with Crippen molar-refractivity contribution in [3.63, 3.8) is 0 Å². The molecule has 1 atom stereocenters. The number of aliphatic hydroxyl groups is 1. The van der Waals surface area contributed by atoms with E-state index in [0.29, 0.717) is 17.8 Å². The van der Waals surface area contributed by atoms with E-state index in [0.717, 1.165) is 39.9 Å². The van der Waals surface area contributed by atoms with Crippen LogP contribution >= 0.6 is 0 Å². The van der Waals surface area contributed by atoms with Crippen LogP contribution in [0.2, 0.25) is 0 Å². The fourth-order valence-corrected chi connectivity index (χ4v) is 5.11. The molecule has 2 aromatic carbocycles. The SMILES string of the molecule is C=C(O)c1ccccc1NC(C)c1cc(C)cc2c1CC(c1cnc3c(c1)CN(C)C3=O)=CC2=C. The van der Waals surface area contributed by atoms with Gasteiger partial charge in [-0.2, -0.15) is 0 Å². The van der Waals surface area contributed by atoms with Gasteiger partial charge in [0.25, 0.3) is 5.91 Å². The Morgan fingerprint density at radius 1 is 1.23 bits per heavy atom. The fourth-order valence-electron chi connectivity index (χ4n) is 5.11. The van der Waals surface area contributed by atoms with Crippen molar-refractivity contribution in [2.75, 3.05) is 12.4 Å². The van der Waals surface area contributed by atoms with Gasteiger partial charge < -0.3 is 15.3 Å². The lowest BCUT2D eigenvalue weighted by Gasteiger charge is -2.27. The number of nitrogens with one attached hydrogen (secondary N) is 1. The Balaban J connectivity index is 1.51. The van der Waals surface area contributed by atoms with E-state index in [1.807, 2.05) is 24.3 Å². The number of aliphatic hydroxyl groups excluding tert-OH is 1. The van der Waals surface area contributed by atoms with Crippen LogP contribution in [0.25, 0.3) is 16.9 Å².